The number of hydrogen-bond acceptors (Lipinski definition) is 1. The van der Waals surface area contributed by atoms with Crippen LogP contribution < -0.4 is 0 Å². The molecule has 0 aliphatic heterocycles. The normalized spacial score (nSPS) is 12.5. The van der Waals surface area contributed by atoms with Gasteiger partial charge >= 0.3 is 0 Å². The van der Waals surface area contributed by atoms with Gasteiger partial charge in [-0.1, -0.05) is 80.8 Å². The van der Waals surface area contributed by atoms with Gasteiger partial charge < -0.3 is 4.57 Å². The van der Waals surface area contributed by atoms with Gasteiger partial charge in [0.2, 0.25) is 0 Å². The Morgan fingerprint density at radius 3 is 2.50 bits per heavy atom. The second-order valence-electron chi connectivity index (χ2n) is 10.2. The molecule has 0 bridgehead atoms. The van der Waals surface area contributed by atoms with Crippen molar-refractivity contribution in [1.29, 1.82) is 0 Å². The third-order valence-electron chi connectivity index (χ3n) is 7.99. The molecule has 176 valence electrons. The molecule has 36 heavy (non-hydrogen) atoms. The first kappa shape index (κ1) is 21.4. The van der Waals surface area contributed by atoms with E-state index in [0.717, 1.165) is 12.8 Å². The maximum atomic E-state index is 4.57. The van der Waals surface area contributed by atoms with E-state index in [1.165, 1.54) is 91.8 Å². The molecular weight excluding hydrogens is 436 g/mol. The van der Waals surface area contributed by atoms with E-state index in [4.69, 9.17) is 0 Å². The van der Waals surface area contributed by atoms with Crippen LogP contribution in [0.4, 0.5) is 0 Å². The molecule has 0 radical (unpaired) electrons. The first-order chi connectivity index (χ1) is 17.8. The number of aromatic nitrogens is 2. The molecule has 2 nitrogen and oxygen atoms in total. The van der Waals surface area contributed by atoms with Gasteiger partial charge in [-0.3, -0.25) is 4.98 Å². The highest BCUT2D eigenvalue weighted by atomic mass is 15.0. The summed E-state index contributed by atoms with van der Waals surface area (Å²) in [6.45, 7) is 2.27. The Kier molecular flexibility index (Phi) is 5.13. The number of rotatable bonds is 6. The largest absolute Gasteiger partial charge is 0.309 e. The summed E-state index contributed by atoms with van der Waals surface area (Å²) < 4.78 is 2.48. The monoisotopic (exact) mass is 466 g/mol. The summed E-state index contributed by atoms with van der Waals surface area (Å²) in [6.07, 6.45) is 11.3. The number of hydrogen-bond donors (Lipinski definition) is 0. The Balaban J connectivity index is 1.49. The van der Waals surface area contributed by atoms with Gasteiger partial charge in [-0.05, 0) is 71.3 Å². The van der Waals surface area contributed by atoms with Gasteiger partial charge in [0.05, 0.1) is 11.0 Å². The molecule has 4 aromatic carbocycles. The molecule has 0 amide bonds. The van der Waals surface area contributed by atoms with Crippen molar-refractivity contribution >= 4 is 32.6 Å². The van der Waals surface area contributed by atoms with Crippen LogP contribution in [0.3, 0.4) is 0 Å². The van der Waals surface area contributed by atoms with Crippen LogP contribution in [-0.4, -0.2) is 9.55 Å². The van der Waals surface area contributed by atoms with E-state index >= 15 is 0 Å². The van der Waals surface area contributed by atoms with Crippen LogP contribution in [0.5, 0.6) is 0 Å². The minimum atomic E-state index is 0.970. The molecule has 0 fully saturated rings. The van der Waals surface area contributed by atoms with Crippen LogP contribution in [0.1, 0.15) is 49.3 Å². The van der Waals surface area contributed by atoms with Crippen molar-refractivity contribution in [3.05, 3.63) is 108 Å². The van der Waals surface area contributed by atoms with E-state index < -0.39 is 0 Å². The maximum absolute atomic E-state index is 4.57. The van der Waals surface area contributed by atoms with Gasteiger partial charge in [0, 0.05) is 39.6 Å². The van der Waals surface area contributed by atoms with E-state index in [9.17, 15) is 0 Å². The maximum Gasteiger partial charge on any atom is 0.0623 e. The molecule has 0 atom stereocenters. The summed E-state index contributed by atoms with van der Waals surface area (Å²) in [6, 6.07) is 29.3. The molecule has 2 aromatic heterocycles. The number of fused-ring (bicyclic) bond motifs is 10. The van der Waals surface area contributed by atoms with Gasteiger partial charge in [-0.25, -0.2) is 0 Å². The van der Waals surface area contributed by atoms with Crippen LogP contribution in [-0.2, 0) is 12.8 Å². The van der Waals surface area contributed by atoms with E-state index in [-0.39, 0.29) is 0 Å². The third-order valence-corrected chi connectivity index (χ3v) is 7.99. The molecule has 7 rings (SSSR count). The average Bonchev–Trinajstić information content (AvgIpc) is 3.48. The molecule has 0 saturated carbocycles. The smallest absolute Gasteiger partial charge is 0.0623 e. The lowest BCUT2D eigenvalue weighted by molar-refractivity contribution is 0.667. The van der Waals surface area contributed by atoms with Crippen molar-refractivity contribution in [3.8, 4) is 16.8 Å². The van der Waals surface area contributed by atoms with Gasteiger partial charge in [0.1, 0.15) is 0 Å². The van der Waals surface area contributed by atoms with Gasteiger partial charge in [-0.2, -0.15) is 0 Å². The predicted molar refractivity (Wildman–Crippen MR) is 152 cm³/mol. The Morgan fingerprint density at radius 2 is 1.61 bits per heavy atom. The zero-order chi connectivity index (χ0) is 24.1. The van der Waals surface area contributed by atoms with E-state index in [1.54, 1.807) is 0 Å². The summed E-state index contributed by atoms with van der Waals surface area (Å²) >= 11 is 0. The fourth-order valence-electron chi connectivity index (χ4n) is 6.32. The Morgan fingerprint density at radius 1 is 0.778 bits per heavy atom. The van der Waals surface area contributed by atoms with Crippen molar-refractivity contribution in [2.45, 2.75) is 45.4 Å². The summed E-state index contributed by atoms with van der Waals surface area (Å²) in [5, 5.41) is 5.25. The van der Waals surface area contributed by atoms with E-state index in [1.807, 2.05) is 6.20 Å². The van der Waals surface area contributed by atoms with Crippen LogP contribution >= 0.6 is 0 Å². The molecule has 0 unspecified atom stereocenters. The van der Waals surface area contributed by atoms with Gasteiger partial charge in [0.25, 0.3) is 0 Å². The Labute approximate surface area is 212 Å². The zero-order valence-corrected chi connectivity index (χ0v) is 20.8. The summed E-state index contributed by atoms with van der Waals surface area (Å²) in [5.41, 5.74) is 10.8. The third kappa shape index (κ3) is 3.21. The first-order valence-corrected chi connectivity index (χ1v) is 13.3. The molecule has 1 aliphatic rings. The van der Waals surface area contributed by atoms with Crippen LogP contribution in [0.2, 0.25) is 0 Å². The highest BCUT2D eigenvalue weighted by Gasteiger charge is 2.27. The Hall–Kier alpha value is -3.91. The molecule has 2 heterocycles. The average molecular weight is 467 g/mol. The fourth-order valence-corrected chi connectivity index (χ4v) is 6.32. The van der Waals surface area contributed by atoms with Crippen molar-refractivity contribution in [3.63, 3.8) is 0 Å². The number of aryl methyl sites for hydroxylation is 1. The molecule has 6 aromatic rings. The first-order valence-electron chi connectivity index (χ1n) is 13.3. The molecular formula is C34H30N2. The second kappa shape index (κ2) is 8.64. The SMILES string of the molecule is CCCCCCc1ccc(-n2c3ccccc3c3c4c(c5cnccc5c32)-c2ccccc2C4)cc1. The molecule has 2 heteroatoms. The zero-order valence-electron chi connectivity index (χ0n) is 20.8. The molecule has 0 spiro atoms. The highest BCUT2D eigenvalue weighted by Crippen LogP contribution is 2.49. The number of pyridine rings is 1. The molecule has 0 N–H and O–H groups in total. The van der Waals surface area contributed by atoms with Crippen molar-refractivity contribution < 1.29 is 0 Å². The topological polar surface area (TPSA) is 17.8 Å². The van der Waals surface area contributed by atoms with E-state index in [2.05, 4.69) is 102 Å². The number of benzene rings is 4. The standard InChI is InChI=1S/C34H30N2/c1-2-3-4-5-10-23-15-17-25(18-16-23)36-31-14-9-8-13-28(31)33-29-21-24-11-6-7-12-26(24)32(29)30-22-35-20-19-27(30)34(33)36/h6-9,11-20,22H,2-5,10,21H2,1H3. The number of unbranched alkanes of at least 4 members (excludes halogenated alkanes) is 3. The number of para-hydroxylation sites is 1. The molecule has 1 aliphatic carbocycles. The minimum Gasteiger partial charge on any atom is -0.309 e. The lowest BCUT2D eigenvalue weighted by Crippen LogP contribution is -1.97. The van der Waals surface area contributed by atoms with Gasteiger partial charge in [0.15, 0.2) is 0 Å². The number of nitrogens with zero attached hydrogens (tertiary/aromatic N) is 2. The summed E-state index contributed by atoms with van der Waals surface area (Å²) in [7, 11) is 0. The second-order valence-corrected chi connectivity index (χ2v) is 10.2. The minimum absolute atomic E-state index is 0.970. The molecule has 0 saturated heterocycles. The summed E-state index contributed by atoms with van der Waals surface area (Å²) in [4.78, 5) is 4.57. The van der Waals surface area contributed by atoms with Crippen LogP contribution in [0.25, 0.3) is 49.4 Å². The quantitative estimate of drug-likeness (QED) is 0.224. The van der Waals surface area contributed by atoms with Crippen LogP contribution in [0, 0.1) is 0 Å². The predicted octanol–water partition coefficient (Wildman–Crippen LogP) is 9.03. The lowest BCUT2D eigenvalue weighted by atomic mass is 9.95. The van der Waals surface area contributed by atoms with Crippen LogP contribution in [0.15, 0.2) is 91.3 Å². The Bertz CT molecular complexity index is 1740. The lowest BCUT2D eigenvalue weighted by Gasteiger charge is -2.13. The summed E-state index contributed by atoms with van der Waals surface area (Å²) in [5.74, 6) is 0. The van der Waals surface area contributed by atoms with Crippen molar-refractivity contribution in [2.24, 2.45) is 0 Å². The fraction of sp³-hybridized carbons (Fsp3) is 0.206. The van der Waals surface area contributed by atoms with Crippen molar-refractivity contribution in [1.82, 2.24) is 9.55 Å². The highest BCUT2D eigenvalue weighted by molar-refractivity contribution is 6.24. The van der Waals surface area contributed by atoms with Crippen molar-refractivity contribution in [2.75, 3.05) is 0 Å². The van der Waals surface area contributed by atoms with Gasteiger partial charge in [-0.15, -0.1) is 0 Å². The van der Waals surface area contributed by atoms with E-state index in [0.29, 0.717) is 0 Å².